The van der Waals surface area contributed by atoms with Crippen molar-refractivity contribution in [1.29, 1.82) is 0 Å². The fourth-order valence-corrected chi connectivity index (χ4v) is 3.83. The number of thiophene rings is 1. The number of hydrogen-bond acceptors (Lipinski definition) is 6. The zero-order chi connectivity index (χ0) is 16.2. The van der Waals surface area contributed by atoms with Gasteiger partial charge in [-0.15, -0.1) is 16.4 Å². The first-order valence-corrected chi connectivity index (χ1v) is 9.16. The van der Waals surface area contributed by atoms with Crippen molar-refractivity contribution in [3.63, 3.8) is 0 Å². The first-order chi connectivity index (χ1) is 11.1. The molecule has 2 amide bonds. The fourth-order valence-electron chi connectivity index (χ4n) is 2.47. The molecule has 2 aromatic rings. The Morgan fingerprint density at radius 1 is 1.43 bits per heavy atom. The van der Waals surface area contributed by atoms with E-state index in [1.807, 2.05) is 17.5 Å². The third-order valence-corrected chi connectivity index (χ3v) is 5.50. The number of nitrogens with zero attached hydrogens (tertiary/aromatic N) is 3. The predicted octanol–water partition coefficient (Wildman–Crippen LogP) is 1.35. The lowest BCUT2D eigenvalue weighted by molar-refractivity contribution is -0.132. The summed E-state index contributed by atoms with van der Waals surface area (Å²) in [5.41, 5.74) is 5.30. The highest BCUT2D eigenvalue weighted by Gasteiger charge is 2.25. The molecule has 9 heteroatoms. The van der Waals surface area contributed by atoms with Crippen LogP contribution in [0.1, 0.15) is 12.8 Å². The van der Waals surface area contributed by atoms with Crippen LogP contribution in [-0.2, 0) is 9.59 Å². The van der Waals surface area contributed by atoms with Crippen molar-refractivity contribution in [2.24, 2.45) is 11.7 Å². The average Bonchev–Trinajstić information content (AvgIpc) is 3.23. The zero-order valence-electron chi connectivity index (χ0n) is 12.4. The molecule has 0 unspecified atom stereocenters. The highest BCUT2D eigenvalue weighted by molar-refractivity contribution is 7.99. The summed E-state index contributed by atoms with van der Waals surface area (Å²) < 4.78 is 0. The summed E-state index contributed by atoms with van der Waals surface area (Å²) in [5, 5.41) is 9.55. The minimum absolute atomic E-state index is 0.0420. The Morgan fingerprint density at radius 2 is 2.22 bits per heavy atom. The Hall–Kier alpha value is -1.87. The van der Waals surface area contributed by atoms with E-state index in [0.29, 0.717) is 36.8 Å². The number of hydrogen-bond donors (Lipinski definition) is 2. The standard InChI is InChI=1S/C14H17N5O2S2/c15-12(21)9-3-5-19(6-4-9)11(20)8-23-14-16-13(17-18-14)10-2-1-7-22-10/h1-2,7,9H,3-6,8H2,(H2,15,21)(H,16,17,18). The van der Waals surface area contributed by atoms with Crippen LogP contribution >= 0.6 is 23.1 Å². The molecular weight excluding hydrogens is 334 g/mol. The third-order valence-electron chi connectivity index (χ3n) is 3.79. The molecule has 0 saturated carbocycles. The van der Waals surface area contributed by atoms with E-state index in [1.54, 1.807) is 16.2 Å². The number of amides is 2. The Labute approximate surface area is 141 Å². The fraction of sp³-hybridized carbons (Fsp3) is 0.429. The zero-order valence-corrected chi connectivity index (χ0v) is 14.0. The second kappa shape index (κ2) is 7.14. The first kappa shape index (κ1) is 16.0. The summed E-state index contributed by atoms with van der Waals surface area (Å²) in [5.74, 6) is 0.683. The van der Waals surface area contributed by atoms with Crippen molar-refractivity contribution >= 4 is 34.9 Å². The van der Waals surface area contributed by atoms with Crippen LogP contribution in [-0.4, -0.2) is 50.7 Å². The molecule has 0 aromatic carbocycles. The van der Waals surface area contributed by atoms with Gasteiger partial charge in [0.2, 0.25) is 17.0 Å². The van der Waals surface area contributed by atoms with E-state index in [0.717, 1.165) is 10.7 Å². The van der Waals surface area contributed by atoms with E-state index in [1.165, 1.54) is 11.8 Å². The van der Waals surface area contributed by atoms with Gasteiger partial charge in [-0.2, -0.15) is 0 Å². The normalized spacial score (nSPS) is 15.7. The van der Waals surface area contributed by atoms with E-state index in [-0.39, 0.29) is 17.7 Å². The summed E-state index contributed by atoms with van der Waals surface area (Å²) in [6, 6.07) is 3.92. The molecule has 3 heterocycles. The highest BCUT2D eigenvalue weighted by atomic mass is 32.2. The maximum Gasteiger partial charge on any atom is 0.233 e. The number of likely N-dealkylation sites (tertiary alicyclic amines) is 1. The lowest BCUT2D eigenvalue weighted by atomic mass is 9.96. The summed E-state index contributed by atoms with van der Waals surface area (Å²) in [4.78, 5) is 30.5. The largest absolute Gasteiger partial charge is 0.369 e. The van der Waals surface area contributed by atoms with Crippen LogP contribution < -0.4 is 5.73 Å². The van der Waals surface area contributed by atoms with Crippen LogP contribution in [0.15, 0.2) is 22.7 Å². The van der Waals surface area contributed by atoms with Crippen molar-refractivity contribution in [2.75, 3.05) is 18.8 Å². The molecule has 3 rings (SSSR count). The summed E-state index contributed by atoms with van der Waals surface area (Å²) in [6.45, 7) is 1.17. The van der Waals surface area contributed by atoms with Crippen molar-refractivity contribution in [2.45, 2.75) is 18.0 Å². The predicted molar refractivity (Wildman–Crippen MR) is 88.9 cm³/mol. The van der Waals surface area contributed by atoms with Gasteiger partial charge in [0.1, 0.15) is 0 Å². The smallest absolute Gasteiger partial charge is 0.233 e. The van der Waals surface area contributed by atoms with Crippen molar-refractivity contribution < 1.29 is 9.59 Å². The highest BCUT2D eigenvalue weighted by Crippen LogP contribution is 2.24. The molecular formula is C14H17N5O2S2. The van der Waals surface area contributed by atoms with Crippen LogP contribution in [0.5, 0.6) is 0 Å². The summed E-state index contributed by atoms with van der Waals surface area (Å²) in [6.07, 6.45) is 1.30. The van der Waals surface area contributed by atoms with Gasteiger partial charge in [0, 0.05) is 19.0 Å². The van der Waals surface area contributed by atoms with Crippen LogP contribution in [0.25, 0.3) is 10.7 Å². The van der Waals surface area contributed by atoms with Gasteiger partial charge in [0.15, 0.2) is 5.82 Å². The first-order valence-electron chi connectivity index (χ1n) is 7.29. The van der Waals surface area contributed by atoms with Gasteiger partial charge in [-0.05, 0) is 24.3 Å². The molecule has 2 aromatic heterocycles. The molecule has 7 nitrogen and oxygen atoms in total. The van der Waals surface area contributed by atoms with Crippen molar-refractivity contribution in [1.82, 2.24) is 20.1 Å². The Balaban J connectivity index is 1.49. The minimum Gasteiger partial charge on any atom is -0.369 e. The molecule has 0 aliphatic carbocycles. The minimum atomic E-state index is -0.270. The van der Waals surface area contributed by atoms with E-state index in [9.17, 15) is 9.59 Å². The summed E-state index contributed by atoms with van der Waals surface area (Å²) >= 11 is 2.90. The lowest BCUT2D eigenvalue weighted by Gasteiger charge is -2.30. The third kappa shape index (κ3) is 3.91. The van der Waals surface area contributed by atoms with Gasteiger partial charge in [0.25, 0.3) is 0 Å². The molecule has 1 fully saturated rings. The van der Waals surface area contributed by atoms with Crippen LogP contribution in [0.3, 0.4) is 0 Å². The molecule has 0 spiro atoms. The van der Waals surface area contributed by atoms with E-state index < -0.39 is 0 Å². The van der Waals surface area contributed by atoms with E-state index in [4.69, 9.17) is 5.73 Å². The molecule has 0 radical (unpaired) electrons. The molecule has 1 aliphatic heterocycles. The average molecular weight is 351 g/mol. The monoisotopic (exact) mass is 351 g/mol. The summed E-state index contributed by atoms with van der Waals surface area (Å²) in [7, 11) is 0. The van der Waals surface area contributed by atoms with Crippen LogP contribution in [0.4, 0.5) is 0 Å². The number of piperidine rings is 1. The number of thioether (sulfide) groups is 1. The second-order valence-corrected chi connectivity index (χ2v) is 7.18. The second-order valence-electron chi connectivity index (χ2n) is 5.29. The van der Waals surface area contributed by atoms with Gasteiger partial charge < -0.3 is 10.6 Å². The van der Waals surface area contributed by atoms with Crippen LogP contribution in [0, 0.1) is 5.92 Å². The SMILES string of the molecule is NC(=O)C1CCN(C(=O)CSc2n[nH]c(-c3cccs3)n2)CC1. The number of carbonyl (C=O) groups excluding carboxylic acids is 2. The maximum absolute atomic E-state index is 12.2. The Morgan fingerprint density at radius 3 is 2.87 bits per heavy atom. The van der Waals surface area contributed by atoms with E-state index >= 15 is 0 Å². The lowest BCUT2D eigenvalue weighted by Crippen LogP contribution is -2.42. The van der Waals surface area contributed by atoms with Gasteiger partial charge in [-0.25, -0.2) is 4.98 Å². The van der Waals surface area contributed by atoms with E-state index in [2.05, 4.69) is 15.2 Å². The number of nitrogens with one attached hydrogen (secondary N) is 1. The topological polar surface area (TPSA) is 105 Å². The molecule has 0 bridgehead atoms. The molecule has 23 heavy (non-hydrogen) atoms. The van der Waals surface area contributed by atoms with Gasteiger partial charge in [-0.3, -0.25) is 14.7 Å². The Bertz CT molecular complexity index is 677. The molecule has 122 valence electrons. The van der Waals surface area contributed by atoms with Crippen molar-refractivity contribution in [3.05, 3.63) is 17.5 Å². The molecule has 1 aliphatic rings. The molecule has 3 N–H and O–H groups in total. The molecule has 1 saturated heterocycles. The number of nitrogens with two attached hydrogens (primary N) is 1. The number of rotatable bonds is 5. The number of primary amides is 1. The van der Waals surface area contributed by atoms with Gasteiger partial charge >= 0.3 is 0 Å². The Kier molecular flexibility index (Phi) is 4.97. The van der Waals surface area contributed by atoms with Gasteiger partial charge in [0.05, 0.1) is 10.6 Å². The molecule has 0 atom stereocenters. The quantitative estimate of drug-likeness (QED) is 0.791. The number of carbonyl (C=O) groups is 2. The van der Waals surface area contributed by atoms with Gasteiger partial charge in [-0.1, -0.05) is 17.8 Å². The van der Waals surface area contributed by atoms with Crippen molar-refractivity contribution in [3.8, 4) is 10.7 Å². The maximum atomic E-state index is 12.2. The number of H-pyrrole nitrogens is 1. The number of aromatic amines is 1. The number of aromatic nitrogens is 3. The van der Waals surface area contributed by atoms with Crippen LogP contribution in [0.2, 0.25) is 0 Å².